The number of hydrogen-bond donors (Lipinski definition) is 1. The van der Waals surface area contributed by atoms with Gasteiger partial charge in [-0.2, -0.15) is 0 Å². The van der Waals surface area contributed by atoms with E-state index in [0.29, 0.717) is 12.4 Å². The lowest BCUT2D eigenvalue weighted by atomic mass is 9.88. The van der Waals surface area contributed by atoms with Crippen LogP contribution in [0.2, 0.25) is 0 Å². The summed E-state index contributed by atoms with van der Waals surface area (Å²) in [4.78, 5) is 18.9. The Balaban J connectivity index is 1.60. The number of aryl methyl sites for hydroxylation is 1. The minimum Gasteiger partial charge on any atom is -0.488 e. The number of H-pyrrole nitrogens is 1. The number of para-hydroxylation sites is 2. The summed E-state index contributed by atoms with van der Waals surface area (Å²) in [5, 5.41) is 3.94. The molecule has 0 fully saturated rings. The average molecular weight is 436 g/mol. The highest BCUT2D eigenvalue weighted by molar-refractivity contribution is 6.00. The summed E-state index contributed by atoms with van der Waals surface area (Å²) >= 11 is 0. The molecule has 0 unspecified atom stereocenters. The van der Waals surface area contributed by atoms with Gasteiger partial charge in [0.05, 0.1) is 11.0 Å². The number of nitrogens with zero attached hydrogens (tertiary/aromatic N) is 3. The van der Waals surface area contributed by atoms with Crippen molar-refractivity contribution in [1.82, 2.24) is 19.7 Å². The molecule has 0 atom stereocenters. The molecule has 7 nitrogen and oxygen atoms in total. The van der Waals surface area contributed by atoms with Crippen LogP contribution in [0, 0.1) is 6.92 Å². The van der Waals surface area contributed by atoms with E-state index in [1.807, 2.05) is 43.6 Å². The van der Waals surface area contributed by atoms with E-state index in [0.717, 1.165) is 55.9 Å². The van der Waals surface area contributed by atoms with Crippen molar-refractivity contribution in [1.29, 1.82) is 0 Å². The number of allylic oxidation sites excluding steroid dienone is 1. The first-order valence-corrected chi connectivity index (χ1v) is 10.7. The third-order valence-corrected chi connectivity index (χ3v) is 6.13. The number of fused-ring (bicyclic) bond motifs is 3. The topological polar surface area (TPSA) is 85.9 Å². The zero-order valence-electron chi connectivity index (χ0n) is 18.1. The van der Waals surface area contributed by atoms with Gasteiger partial charge in [-0.25, -0.2) is 9.78 Å². The summed E-state index contributed by atoms with van der Waals surface area (Å²) in [6.45, 7) is 4.40. The van der Waals surface area contributed by atoms with Crippen molar-refractivity contribution < 1.29 is 9.26 Å². The lowest BCUT2D eigenvalue weighted by Crippen LogP contribution is -2.01. The van der Waals surface area contributed by atoms with E-state index in [1.165, 1.54) is 0 Å². The molecular formula is C26H20N4O3. The highest BCUT2D eigenvalue weighted by atomic mass is 16.5. The van der Waals surface area contributed by atoms with Gasteiger partial charge in [-0.1, -0.05) is 35.5 Å². The van der Waals surface area contributed by atoms with Gasteiger partial charge < -0.3 is 4.74 Å². The van der Waals surface area contributed by atoms with Crippen LogP contribution >= 0.6 is 0 Å². The molecule has 3 heterocycles. The summed E-state index contributed by atoms with van der Waals surface area (Å²) in [7, 11) is 0. The zero-order valence-corrected chi connectivity index (χ0v) is 18.1. The van der Waals surface area contributed by atoms with E-state index in [-0.39, 0.29) is 0 Å². The molecule has 6 rings (SSSR count). The molecule has 0 radical (unpaired) electrons. The molecule has 2 aromatic heterocycles. The summed E-state index contributed by atoms with van der Waals surface area (Å²) in [6, 6.07) is 20.4. The third kappa shape index (κ3) is 3.09. The first kappa shape index (κ1) is 19.3. The van der Waals surface area contributed by atoms with Gasteiger partial charge in [0.25, 0.3) is 0 Å². The highest BCUT2D eigenvalue weighted by Gasteiger charge is 2.25. The lowest BCUT2D eigenvalue weighted by Gasteiger charge is -2.16. The van der Waals surface area contributed by atoms with Gasteiger partial charge in [0.15, 0.2) is 5.82 Å². The maximum Gasteiger partial charge on any atom is 0.439 e. The predicted octanol–water partition coefficient (Wildman–Crippen LogP) is 4.88. The van der Waals surface area contributed by atoms with Gasteiger partial charge >= 0.3 is 5.76 Å². The standard InChI is InChI=1S/C26H20N4O3/c1-15-6-5-9-22-23(15)24(16(2)25-28-26(31)33-29-25)19-11-10-18(12-17(19)13-32-22)30-14-27-20-7-3-4-8-21(20)30/h3-12,14H,13H2,1-2H3,(H,28,29,31)/b24-16+. The Morgan fingerprint density at radius 2 is 1.97 bits per heavy atom. The molecule has 5 aromatic rings. The van der Waals surface area contributed by atoms with Crippen LogP contribution in [0.5, 0.6) is 5.75 Å². The molecular weight excluding hydrogens is 416 g/mol. The van der Waals surface area contributed by atoms with Gasteiger partial charge in [-0.15, -0.1) is 0 Å². The fourth-order valence-corrected chi connectivity index (χ4v) is 4.53. The minimum atomic E-state index is -0.581. The number of hydrogen-bond acceptors (Lipinski definition) is 5. The molecule has 162 valence electrons. The van der Waals surface area contributed by atoms with Crippen molar-refractivity contribution in [2.45, 2.75) is 20.5 Å². The summed E-state index contributed by atoms with van der Waals surface area (Å²) < 4.78 is 13.1. The van der Waals surface area contributed by atoms with Gasteiger partial charge in [0.1, 0.15) is 18.7 Å². The first-order chi connectivity index (χ1) is 16.1. The smallest absolute Gasteiger partial charge is 0.439 e. The second-order valence-corrected chi connectivity index (χ2v) is 8.13. The maximum atomic E-state index is 11.6. The molecule has 0 bridgehead atoms. The van der Waals surface area contributed by atoms with Crippen LogP contribution in [0.1, 0.15) is 35.0 Å². The molecule has 0 saturated heterocycles. The Kier molecular flexibility index (Phi) is 4.29. The van der Waals surface area contributed by atoms with Crippen LogP contribution in [0.4, 0.5) is 0 Å². The molecule has 0 spiro atoms. The fraction of sp³-hybridized carbons (Fsp3) is 0.115. The van der Waals surface area contributed by atoms with Gasteiger partial charge in [0, 0.05) is 16.8 Å². The number of benzene rings is 3. The van der Waals surface area contributed by atoms with Crippen molar-refractivity contribution >= 4 is 22.2 Å². The predicted molar refractivity (Wildman–Crippen MR) is 125 cm³/mol. The van der Waals surface area contributed by atoms with Crippen molar-refractivity contribution in [3.05, 3.63) is 106 Å². The van der Waals surface area contributed by atoms with Crippen molar-refractivity contribution in [3.63, 3.8) is 0 Å². The van der Waals surface area contributed by atoms with Crippen LogP contribution < -0.4 is 10.5 Å². The van der Waals surface area contributed by atoms with E-state index in [9.17, 15) is 4.79 Å². The summed E-state index contributed by atoms with van der Waals surface area (Å²) in [5.74, 6) is 0.616. The van der Waals surface area contributed by atoms with E-state index in [1.54, 1.807) is 0 Å². The number of ether oxygens (including phenoxy) is 1. The second kappa shape index (κ2) is 7.34. The average Bonchev–Trinajstić information content (AvgIpc) is 3.41. The molecule has 33 heavy (non-hydrogen) atoms. The lowest BCUT2D eigenvalue weighted by molar-refractivity contribution is 0.307. The van der Waals surface area contributed by atoms with Crippen LogP contribution in [0.25, 0.3) is 27.9 Å². The number of imidazole rings is 1. The maximum absolute atomic E-state index is 11.6. The van der Waals surface area contributed by atoms with Crippen molar-refractivity contribution in [2.24, 2.45) is 0 Å². The molecule has 1 aliphatic heterocycles. The summed E-state index contributed by atoms with van der Waals surface area (Å²) in [5.41, 5.74) is 8.87. The number of rotatable bonds is 2. The Bertz CT molecular complexity index is 1620. The van der Waals surface area contributed by atoms with Crippen molar-refractivity contribution in [3.8, 4) is 11.4 Å². The van der Waals surface area contributed by atoms with E-state index in [4.69, 9.17) is 9.26 Å². The van der Waals surface area contributed by atoms with Gasteiger partial charge in [0.2, 0.25) is 0 Å². The monoisotopic (exact) mass is 436 g/mol. The van der Waals surface area contributed by atoms with Crippen LogP contribution in [0.3, 0.4) is 0 Å². The van der Waals surface area contributed by atoms with E-state index >= 15 is 0 Å². The molecule has 3 aromatic carbocycles. The molecule has 0 aliphatic carbocycles. The Hall–Kier alpha value is -4.39. The van der Waals surface area contributed by atoms with Gasteiger partial charge in [-0.3, -0.25) is 14.1 Å². The van der Waals surface area contributed by atoms with Crippen LogP contribution in [-0.4, -0.2) is 19.7 Å². The third-order valence-electron chi connectivity index (χ3n) is 6.13. The van der Waals surface area contributed by atoms with E-state index < -0.39 is 5.76 Å². The van der Waals surface area contributed by atoms with Gasteiger partial charge in [-0.05, 0) is 66.4 Å². The summed E-state index contributed by atoms with van der Waals surface area (Å²) in [6.07, 6.45) is 1.84. The quantitative estimate of drug-likeness (QED) is 0.426. The largest absolute Gasteiger partial charge is 0.488 e. The van der Waals surface area contributed by atoms with Crippen LogP contribution in [-0.2, 0) is 6.61 Å². The Morgan fingerprint density at radius 3 is 2.82 bits per heavy atom. The number of nitrogens with one attached hydrogen (secondary N) is 1. The number of aromatic amines is 1. The minimum absolute atomic E-state index is 0.404. The van der Waals surface area contributed by atoms with E-state index in [2.05, 4.69) is 56.9 Å². The van der Waals surface area contributed by atoms with Crippen LogP contribution in [0.15, 0.2) is 76.3 Å². The fourth-order valence-electron chi connectivity index (χ4n) is 4.53. The first-order valence-electron chi connectivity index (χ1n) is 10.7. The Labute approximate surface area is 189 Å². The Morgan fingerprint density at radius 1 is 1.09 bits per heavy atom. The normalized spacial score (nSPS) is 14.4. The second-order valence-electron chi connectivity index (χ2n) is 8.13. The molecule has 1 N–H and O–H groups in total. The molecule has 0 amide bonds. The van der Waals surface area contributed by atoms with Crippen molar-refractivity contribution in [2.75, 3.05) is 0 Å². The number of aromatic nitrogens is 4. The highest BCUT2D eigenvalue weighted by Crippen LogP contribution is 2.42. The SMILES string of the molecule is C/C(=C1/c2ccc(-n3cnc4ccccc43)cc2COc2cccc(C)c21)c1noc(=O)[nH]1. The molecule has 7 heteroatoms. The zero-order chi connectivity index (χ0) is 22.5. The molecule has 0 saturated carbocycles. The molecule has 1 aliphatic rings.